The Morgan fingerprint density at radius 2 is 1.54 bits per heavy atom. The maximum absolute atomic E-state index is 12.8. The van der Waals surface area contributed by atoms with E-state index in [4.69, 9.17) is 4.74 Å². The van der Waals surface area contributed by atoms with Gasteiger partial charge in [-0.3, -0.25) is 0 Å². The van der Waals surface area contributed by atoms with Gasteiger partial charge in [-0.05, 0) is 24.0 Å². The molecule has 0 spiro atoms. The molecule has 4 nitrogen and oxygen atoms in total. The smallest absolute Gasteiger partial charge is 0.214 e. The van der Waals surface area contributed by atoms with Crippen molar-refractivity contribution in [3.05, 3.63) is 71.8 Å². The summed E-state index contributed by atoms with van der Waals surface area (Å²) in [5.74, 6) is 0.168. The Bertz CT molecular complexity index is 728. The molecular formula is C19H23NO3S. The Labute approximate surface area is 144 Å². The van der Waals surface area contributed by atoms with Crippen LogP contribution in [0.25, 0.3) is 0 Å². The van der Waals surface area contributed by atoms with E-state index in [0.29, 0.717) is 26.1 Å². The van der Waals surface area contributed by atoms with Crippen LogP contribution >= 0.6 is 0 Å². The molecule has 0 N–H and O–H groups in total. The highest BCUT2D eigenvalue weighted by Crippen LogP contribution is 2.18. The zero-order valence-electron chi connectivity index (χ0n) is 13.7. The predicted octanol–water partition coefficient (Wildman–Crippen LogP) is 2.85. The maximum atomic E-state index is 12.8. The number of aryl methyl sites for hydroxylation is 1. The molecule has 1 aliphatic heterocycles. The standard InChI is InChI=1S/C19H23NO3S/c21-24(22,13-7-12-17-8-3-1-4-9-17)20(15-19-16-23-19)14-18-10-5-2-6-11-18/h1-6,8-11,19H,7,12-16H2. The largest absolute Gasteiger partial charge is 0.372 e. The Morgan fingerprint density at radius 1 is 0.958 bits per heavy atom. The molecule has 5 heteroatoms. The normalized spacial score (nSPS) is 17.1. The van der Waals surface area contributed by atoms with E-state index in [-0.39, 0.29) is 11.9 Å². The van der Waals surface area contributed by atoms with Gasteiger partial charge in [0.2, 0.25) is 10.0 Å². The van der Waals surface area contributed by atoms with Gasteiger partial charge in [-0.25, -0.2) is 8.42 Å². The maximum Gasteiger partial charge on any atom is 0.214 e. The molecular weight excluding hydrogens is 322 g/mol. The van der Waals surface area contributed by atoms with Crippen LogP contribution in [0.4, 0.5) is 0 Å². The highest BCUT2D eigenvalue weighted by molar-refractivity contribution is 7.89. The second-order valence-electron chi connectivity index (χ2n) is 6.14. The molecule has 0 amide bonds. The van der Waals surface area contributed by atoms with Crippen LogP contribution in [-0.2, 0) is 27.7 Å². The third-order valence-corrected chi connectivity index (χ3v) is 5.98. The molecule has 0 aliphatic carbocycles. The summed E-state index contributed by atoms with van der Waals surface area (Å²) in [6.45, 7) is 1.52. The van der Waals surface area contributed by atoms with E-state index in [9.17, 15) is 8.42 Å². The average Bonchev–Trinajstić information content (AvgIpc) is 3.40. The fourth-order valence-corrected chi connectivity index (χ4v) is 4.20. The zero-order valence-corrected chi connectivity index (χ0v) is 14.5. The molecule has 0 saturated carbocycles. The molecule has 1 saturated heterocycles. The van der Waals surface area contributed by atoms with Crippen molar-refractivity contribution in [2.75, 3.05) is 18.9 Å². The lowest BCUT2D eigenvalue weighted by Gasteiger charge is -2.21. The van der Waals surface area contributed by atoms with Crippen molar-refractivity contribution in [3.63, 3.8) is 0 Å². The van der Waals surface area contributed by atoms with Gasteiger partial charge in [-0.1, -0.05) is 60.7 Å². The lowest BCUT2D eigenvalue weighted by Crippen LogP contribution is -2.35. The number of benzene rings is 2. The van der Waals surface area contributed by atoms with Gasteiger partial charge >= 0.3 is 0 Å². The summed E-state index contributed by atoms with van der Waals surface area (Å²) in [7, 11) is -3.29. The minimum atomic E-state index is -3.29. The fraction of sp³-hybridized carbons (Fsp3) is 0.368. The van der Waals surface area contributed by atoms with Gasteiger partial charge in [0.05, 0.1) is 18.5 Å². The molecule has 1 fully saturated rings. The van der Waals surface area contributed by atoms with Crippen LogP contribution in [0.3, 0.4) is 0 Å². The van der Waals surface area contributed by atoms with E-state index in [1.165, 1.54) is 5.56 Å². The van der Waals surface area contributed by atoms with Crippen LogP contribution in [0.5, 0.6) is 0 Å². The van der Waals surface area contributed by atoms with E-state index in [2.05, 4.69) is 0 Å². The Morgan fingerprint density at radius 3 is 2.12 bits per heavy atom. The van der Waals surface area contributed by atoms with Crippen molar-refractivity contribution in [3.8, 4) is 0 Å². The van der Waals surface area contributed by atoms with E-state index in [1.807, 2.05) is 60.7 Å². The monoisotopic (exact) mass is 345 g/mol. The molecule has 2 aromatic rings. The molecule has 128 valence electrons. The summed E-state index contributed by atoms with van der Waals surface area (Å²) < 4.78 is 32.3. The lowest BCUT2D eigenvalue weighted by atomic mass is 10.1. The van der Waals surface area contributed by atoms with E-state index in [0.717, 1.165) is 12.0 Å². The molecule has 1 aliphatic rings. The van der Waals surface area contributed by atoms with Gasteiger partial charge in [-0.15, -0.1) is 0 Å². The SMILES string of the molecule is O=S(=O)(CCCc1ccccc1)N(Cc1ccccc1)CC1CO1. The van der Waals surface area contributed by atoms with Gasteiger partial charge < -0.3 is 4.74 Å². The number of hydrogen-bond donors (Lipinski definition) is 0. The van der Waals surface area contributed by atoms with Gasteiger partial charge in [0, 0.05) is 13.1 Å². The second-order valence-corrected chi connectivity index (χ2v) is 8.23. The second kappa shape index (κ2) is 7.92. The summed E-state index contributed by atoms with van der Waals surface area (Å²) in [4.78, 5) is 0. The van der Waals surface area contributed by atoms with Crippen molar-refractivity contribution in [1.82, 2.24) is 4.31 Å². The van der Waals surface area contributed by atoms with Crippen molar-refractivity contribution >= 4 is 10.0 Å². The summed E-state index contributed by atoms with van der Waals surface area (Å²) >= 11 is 0. The summed E-state index contributed by atoms with van der Waals surface area (Å²) in [6.07, 6.45) is 1.46. The Hall–Kier alpha value is -1.69. The summed E-state index contributed by atoms with van der Waals surface area (Å²) in [5.41, 5.74) is 2.18. The number of epoxide rings is 1. The molecule has 0 bridgehead atoms. The summed E-state index contributed by atoms with van der Waals surface area (Å²) in [5, 5.41) is 0. The molecule has 1 unspecified atom stereocenters. The quantitative estimate of drug-likeness (QED) is 0.657. The van der Waals surface area contributed by atoms with Crippen LogP contribution in [-0.4, -0.2) is 37.7 Å². The number of hydrogen-bond acceptors (Lipinski definition) is 3. The molecule has 2 aromatic carbocycles. The van der Waals surface area contributed by atoms with Crippen molar-refractivity contribution in [2.45, 2.75) is 25.5 Å². The molecule has 3 rings (SSSR count). The fourth-order valence-electron chi connectivity index (χ4n) is 2.70. The highest BCUT2D eigenvalue weighted by atomic mass is 32.2. The first-order valence-corrected chi connectivity index (χ1v) is 9.92. The molecule has 1 atom stereocenters. The van der Waals surface area contributed by atoms with Crippen LogP contribution in [0.15, 0.2) is 60.7 Å². The van der Waals surface area contributed by atoms with E-state index in [1.54, 1.807) is 4.31 Å². The highest BCUT2D eigenvalue weighted by Gasteiger charge is 2.31. The van der Waals surface area contributed by atoms with Crippen LogP contribution in [0, 0.1) is 0 Å². The van der Waals surface area contributed by atoms with Crippen LogP contribution < -0.4 is 0 Å². The molecule has 24 heavy (non-hydrogen) atoms. The minimum Gasteiger partial charge on any atom is -0.372 e. The minimum absolute atomic E-state index is 0.0533. The van der Waals surface area contributed by atoms with E-state index < -0.39 is 10.0 Å². The van der Waals surface area contributed by atoms with Gasteiger partial charge in [0.1, 0.15) is 0 Å². The summed E-state index contributed by atoms with van der Waals surface area (Å²) in [6, 6.07) is 19.7. The lowest BCUT2D eigenvalue weighted by molar-refractivity contribution is 0.331. The first-order valence-electron chi connectivity index (χ1n) is 8.31. The van der Waals surface area contributed by atoms with Gasteiger partial charge in [-0.2, -0.15) is 4.31 Å². The predicted molar refractivity (Wildman–Crippen MR) is 95.1 cm³/mol. The number of rotatable bonds is 9. The first-order chi connectivity index (χ1) is 11.6. The Kier molecular flexibility index (Phi) is 5.66. The van der Waals surface area contributed by atoms with Crippen LogP contribution in [0.1, 0.15) is 17.5 Å². The number of ether oxygens (including phenoxy) is 1. The zero-order chi connectivity index (χ0) is 16.8. The van der Waals surface area contributed by atoms with Crippen molar-refractivity contribution < 1.29 is 13.2 Å². The third kappa shape index (κ3) is 5.16. The number of nitrogens with zero attached hydrogens (tertiary/aromatic N) is 1. The molecule has 0 aromatic heterocycles. The van der Waals surface area contributed by atoms with E-state index >= 15 is 0 Å². The Balaban J connectivity index is 1.61. The van der Waals surface area contributed by atoms with Gasteiger partial charge in [0.15, 0.2) is 0 Å². The third-order valence-electron chi connectivity index (χ3n) is 4.12. The van der Waals surface area contributed by atoms with Crippen molar-refractivity contribution in [2.24, 2.45) is 0 Å². The molecule has 0 radical (unpaired) electrons. The van der Waals surface area contributed by atoms with Crippen molar-refractivity contribution in [1.29, 1.82) is 0 Å². The topological polar surface area (TPSA) is 49.9 Å². The first kappa shape index (κ1) is 17.1. The van der Waals surface area contributed by atoms with Crippen LogP contribution in [0.2, 0.25) is 0 Å². The molecule has 1 heterocycles. The average molecular weight is 345 g/mol. The van der Waals surface area contributed by atoms with Gasteiger partial charge in [0.25, 0.3) is 0 Å². The number of sulfonamides is 1.